The molecule has 1 N–H and O–H groups in total. The maximum Gasteiger partial charge on any atom is 0.325 e. The third-order valence-corrected chi connectivity index (χ3v) is 13.4. The summed E-state index contributed by atoms with van der Waals surface area (Å²) in [6.45, 7) is 11.6. The highest BCUT2D eigenvalue weighted by Gasteiger charge is 2.68. The number of carbonyl (C=O) groups excluding carboxylic acids is 3. The smallest absolute Gasteiger partial charge is 0.325 e. The first-order valence-corrected chi connectivity index (χ1v) is 17.7. The highest BCUT2D eigenvalue weighted by Crippen LogP contribution is 2.70. The Morgan fingerprint density at radius 3 is 2.59 bits per heavy atom. The van der Waals surface area contributed by atoms with Gasteiger partial charge in [0.25, 0.3) is 5.91 Å². The van der Waals surface area contributed by atoms with Crippen molar-refractivity contribution < 1.29 is 33.3 Å². The molecule has 0 radical (unpaired) electrons. The number of amides is 1. The van der Waals surface area contributed by atoms with Crippen molar-refractivity contribution in [2.45, 2.75) is 110 Å². The minimum absolute atomic E-state index is 0.135. The molecule has 4 aliphatic carbocycles. The van der Waals surface area contributed by atoms with Gasteiger partial charge in [0.15, 0.2) is 5.79 Å². The second-order valence-electron chi connectivity index (χ2n) is 15.9. The van der Waals surface area contributed by atoms with E-state index in [0.717, 1.165) is 45.1 Å². The van der Waals surface area contributed by atoms with Gasteiger partial charge >= 0.3 is 11.9 Å². The zero-order valence-corrected chi connectivity index (χ0v) is 28.1. The summed E-state index contributed by atoms with van der Waals surface area (Å²) in [4.78, 5) is 37.0. The summed E-state index contributed by atoms with van der Waals surface area (Å²) in [7, 11) is 0. The highest BCUT2D eigenvalue weighted by molar-refractivity contribution is 5.98. The topological polar surface area (TPSA) is 100 Å². The lowest BCUT2D eigenvalue weighted by atomic mass is 9.47. The normalized spacial score (nSPS) is 42.6. The minimum Gasteiger partial charge on any atom is -0.461 e. The van der Waals surface area contributed by atoms with Crippen LogP contribution in [0.15, 0.2) is 35.9 Å². The van der Waals surface area contributed by atoms with E-state index in [1.807, 2.05) is 0 Å². The molecule has 0 bridgehead atoms. The molecular weight excluding hydrogens is 582 g/mol. The molecule has 8 heteroatoms. The molecule has 3 saturated carbocycles. The molecule has 1 amide bonds. The first-order chi connectivity index (χ1) is 21.9. The molecule has 2 aliphatic heterocycles. The largest absolute Gasteiger partial charge is 0.461 e. The van der Waals surface area contributed by atoms with Gasteiger partial charge in [-0.25, -0.2) is 0 Å². The van der Waals surface area contributed by atoms with Crippen molar-refractivity contribution in [3.63, 3.8) is 0 Å². The maximum atomic E-state index is 12.8. The number of nitrogens with one attached hydrogen (secondary N) is 1. The van der Waals surface area contributed by atoms with E-state index < -0.39 is 17.8 Å². The van der Waals surface area contributed by atoms with Crippen LogP contribution in [0.4, 0.5) is 0 Å². The molecule has 11 atom stereocenters. The highest BCUT2D eigenvalue weighted by atomic mass is 16.7. The van der Waals surface area contributed by atoms with Crippen molar-refractivity contribution in [1.29, 1.82) is 0 Å². The molecule has 8 nitrogen and oxygen atoms in total. The molecule has 1 aromatic rings. The predicted octanol–water partition coefficient (Wildman–Crippen LogP) is 6.62. The van der Waals surface area contributed by atoms with Gasteiger partial charge in [0.05, 0.1) is 18.3 Å². The van der Waals surface area contributed by atoms with Crippen molar-refractivity contribution in [2.75, 3.05) is 13.2 Å². The van der Waals surface area contributed by atoms with Gasteiger partial charge in [-0.05, 0) is 97.5 Å². The third kappa shape index (κ3) is 5.22. The van der Waals surface area contributed by atoms with E-state index in [9.17, 15) is 14.4 Å². The van der Waals surface area contributed by atoms with Crippen molar-refractivity contribution in [3.8, 4) is 5.75 Å². The van der Waals surface area contributed by atoms with Crippen molar-refractivity contribution in [1.82, 2.24) is 5.32 Å². The monoisotopic (exact) mass is 633 g/mol. The number of carbonyl (C=O) groups is 3. The lowest BCUT2D eigenvalue weighted by molar-refractivity contribution is -0.272. The van der Waals surface area contributed by atoms with Crippen LogP contribution in [-0.2, 0) is 23.8 Å². The number of fused-ring (bicyclic) bond motifs is 7. The number of rotatable bonds is 5. The number of allylic oxidation sites excluding steroid dienone is 1. The minimum atomic E-state index is -0.513. The lowest BCUT2D eigenvalue weighted by Crippen LogP contribution is -2.52. The SMILES string of the molecule is CC(=O)Oc1ccccc1C(=O)NCC(=O)O[C@H]1CC[C@@]2(C)C(=CC[C@H]3[C@@H]4C[C@@H]5O[C@]6(CC[C@@H](C)CO6)[C@@H](C)[C@@H]5[C@@]4(C)CC[C@@H]32)C1. The fourth-order valence-corrected chi connectivity index (χ4v) is 11.1. The zero-order chi connectivity index (χ0) is 32.4. The van der Waals surface area contributed by atoms with Crippen LogP contribution in [0.5, 0.6) is 5.75 Å². The Morgan fingerprint density at radius 2 is 1.83 bits per heavy atom. The van der Waals surface area contributed by atoms with Gasteiger partial charge in [-0.1, -0.05) is 51.5 Å². The van der Waals surface area contributed by atoms with Crippen LogP contribution in [-0.4, -0.2) is 49.0 Å². The number of ether oxygens (including phenoxy) is 4. The Balaban J connectivity index is 0.972. The summed E-state index contributed by atoms with van der Waals surface area (Å²) in [6, 6.07) is 6.48. The summed E-state index contributed by atoms with van der Waals surface area (Å²) >= 11 is 0. The van der Waals surface area contributed by atoms with E-state index in [1.165, 1.54) is 31.8 Å². The second-order valence-corrected chi connectivity index (χ2v) is 15.9. The Morgan fingerprint density at radius 1 is 1.02 bits per heavy atom. The van der Waals surface area contributed by atoms with Gasteiger partial charge in [-0.3, -0.25) is 14.4 Å². The molecule has 6 aliphatic rings. The van der Waals surface area contributed by atoms with Crippen LogP contribution in [0.25, 0.3) is 0 Å². The molecular formula is C38H51NO7. The molecule has 46 heavy (non-hydrogen) atoms. The first kappa shape index (κ1) is 31.9. The number of hydrogen-bond donors (Lipinski definition) is 1. The van der Waals surface area contributed by atoms with E-state index in [4.69, 9.17) is 18.9 Å². The lowest BCUT2D eigenvalue weighted by Gasteiger charge is -2.58. The molecule has 2 heterocycles. The van der Waals surface area contributed by atoms with Gasteiger partial charge in [-0.15, -0.1) is 0 Å². The van der Waals surface area contributed by atoms with Gasteiger partial charge in [0.2, 0.25) is 0 Å². The van der Waals surface area contributed by atoms with Crippen LogP contribution in [0, 0.1) is 46.3 Å². The van der Waals surface area contributed by atoms with Crippen molar-refractivity contribution in [3.05, 3.63) is 41.5 Å². The molecule has 1 spiro atoms. The van der Waals surface area contributed by atoms with Gasteiger partial charge in [0, 0.05) is 25.7 Å². The van der Waals surface area contributed by atoms with Gasteiger partial charge in [-0.2, -0.15) is 0 Å². The zero-order valence-electron chi connectivity index (χ0n) is 28.1. The Labute approximate surface area is 273 Å². The van der Waals surface area contributed by atoms with E-state index in [0.29, 0.717) is 47.0 Å². The van der Waals surface area contributed by atoms with E-state index in [2.05, 4.69) is 39.1 Å². The molecule has 0 unspecified atom stereocenters. The molecule has 2 saturated heterocycles. The van der Waals surface area contributed by atoms with Crippen molar-refractivity contribution >= 4 is 17.8 Å². The quantitative estimate of drug-likeness (QED) is 0.221. The molecule has 1 aromatic carbocycles. The Kier molecular flexibility index (Phi) is 8.15. The van der Waals surface area contributed by atoms with Gasteiger partial charge in [0.1, 0.15) is 18.4 Å². The summed E-state index contributed by atoms with van der Waals surface area (Å²) in [5.74, 6) is 1.95. The number of esters is 2. The predicted molar refractivity (Wildman–Crippen MR) is 172 cm³/mol. The average molecular weight is 634 g/mol. The maximum absolute atomic E-state index is 12.8. The number of para-hydroxylation sites is 1. The summed E-state index contributed by atoms with van der Waals surface area (Å²) in [5.41, 5.74) is 2.08. The summed E-state index contributed by atoms with van der Waals surface area (Å²) in [6.07, 6.45) is 12.2. The average Bonchev–Trinajstić information content (AvgIpc) is 3.47. The summed E-state index contributed by atoms with van der Waals surface area (Å²) < 4.78 is 24.5. The Bertz CT molecular complexity index is 1410. The van der Waals surface area contributed by atoms with E-state index in [1.54, 1.807) is 24.3 Å². The number of hydrogen-bond acceptors (Lipinski definition) is 7. The fraction of sp³-hybridized carbons (Fsp3) is 0.711. The second kappa shape index (κ2) is 11.8. The van der Waals surface area contributed by atoms with E-state index in [-0.39, 0.29) is 35.2 Å². The third-order valence-electron chi connectivity index (χ3n) is 13.4. The molecule has 250 valence electrons. The van der Waals surface area contributed by atoms with Crippen LogP contribution >= 0.6 is 0 Å². The molecule has 0 aromatic heterocycles. The first-order valence-electron chi connectivity index (χ1n) is 17.7. The van der Waals surface area contributed by atoms with Crippen LogP contribution in [0.1, 0.15) is 103 Å². The number of benzene rings is 1. The van der Waals surface area contributed by atoms with E-state index >= 15 is 0 Å². The van der Waals surface area contributed by atoms with Crippen LogP contribution in [0.2, 0.25) is 0 Å². The standard InChI is InChI=1S/C38H51NO7/c1-22-12-17-38(43-21-22)23(2)34-32(46-38)19-30-27-11-10-25-18-26(13-15-36(25,4)29(27)14-16-37(30,34)5)45-33(41)20-39-35(42)28-8-6-7-9-31(28)44-24(3)40/h6-10,22-23,26-27,29-30,32,34H,11-21H2,1-5H3,(H,39,42)/t22-,23+,26+,27-,29+,30+,32+,34+,36+,37+,38-/m1/s1. The fourth-order valence-electron chi connectivity index (χ4n) is 11.1. The van der Waals surface area contributed by atoms with Crippen LogP contribution < -0.4 is 10.1 Å². The van der Waals surface area contributed by atoms with Gasteiger partial charge < -0.3 is 24.3 Å². The molecule has 5 fully saturated rings. The Hall–Kier alpha value is -2.71. The summed E-state index contributed by atoms with van der Waals surface area (Å²) in [5, 5.41) is 2.63. The molecule has 7 rings (SSSR count). The van der Waals surface area contributed by atoms with Crippen LogP contribution in [0.3, 0.4) is 0 Å². The van der Waals surface area contributed by atoms with Crippen molar-refractivity contribution in [2.24, 2.45) is 46.3 Å².